The first kappa shape index (κ1) is 19.9. The van der Waals surface area contributed by atoms with Crippen molar-refractivity contribution >= 4 is 5.97 Å². The molecule has 0 aromatic rings. The van der Waals surface area contributed by atoms with Gasteiger partial charge in [-0.2, -0.15) is 0 Å². The SMILES string of the molecule is CC1=C2CC3OC(=O)C(O)C4(O)C(C)C(O)C5(O)OCC34C5C2(C)C(O)C(O)C1. The predicted molar refractivity (Wildman–Crippen MR) is 94.9 cm³/mol. The van der Waals surface area contributed by atoms with Crippen LogP contribution in [-0.4, -0.2) is 85.1 Å². The van der Waals surface area contributed by atoms with E-state index in [1.54, 1.807) is 13.8 Å². The lowest BCUT2D eigenvalue weighted by Gasteiger charge is -2.69. The molecule has 2 saturated carbocycles. The average molecular weight is 412 g/mol. The standard InChI is InChI=1S/C20H28O9/c1-7-4-10(21)13(23)17(3)9(7)5-11-18-6-28-20(27,16(17)18)12(22)8(2)19(18,26)14(24)15(25)29-11/h8,10-14,16,21-24,26-27H,4-6H2,1-3H3. The molecule has 162 valence electrons. The zero-order chi connectivity index (χ0) is 21.3. The second kappa shape index (κ2) is 5.40. The van der Waals surface area contributed by atoms with Gasteiger partial charge in [-0.15, -0.1) is 0 Å². The molecule has 9 nitrogen and oxygen atoms in total. The fraction of sp³-hybridized carbons (Fsp3) is 0.850. The van der Waals surface area contributed by atoms with Crippen molar-refractivity contribution in [2.24, 2.45) is 22.7 Å². The van der Waals surface area contributed by atoms with Crippen molar-refractivity contribution < 1.29 is 44.9 Å². The minimum atomic E-state index is -2.16. The van der Waals surface area contributed by atoms with E-state index >= 15 is 0 Å². The molecule has 29 heavy (non-hydrogen) atoms. The molecular weight excluding hydrogens is 384 g/mol. The molecule has 0 amide bonds. The molecule has 11 unspecified atom stereocenters. The molecule has 2 bridgehead atoms. The third kappa shape index (κ3) is 1.78. The smallest absolute Gasteiger partial charge is 0.338 e. The van der Waals surface area contributed by atoms with Crippen LogP contribution in [0.2, 0.25) is 0 Å². The fourth-order valence-corrected chi connectivity index (χ4v) is 7.63. The Bertz CT molecular complexity index is 827. The third-order valence-corrected chi connectivity index (χ3v) is 8.93. The van der Waals surface area contributed by atoms with Crippen LogP contribution in [0.3, 0.4) is 0 Å². The van der Waals surface area contributed by atoms with Crippen LogP contribution < -0.4 is 0 Å². The van der Waals surface area contributed by atoms with Crippen molar-refractivity contribution in [3.05, 3.63) is 11.1 Å². The van der Waals surface area contributed by atoms with Crippen molar-refractivity contribution in [1.29, 1.82) is 0 Å². The number of hydrogen-bond acceptors (Lipinski definition) is 9. The Morgan fingerprint density at radius 1 is 1.07 bits per heavy atom. The van der Waals surface area contributed by atoms with Gasteiger partial charge in [-0.3, -0.25) is 0 Å². The predicted octanol–water partition coefficient (Wildman–Crippen LogP) is -1.81. The first-order chi connectivity index (χ1) is 13.4. The highest BCUT2D eigenvalue weighted by Crippen LogP contribution is 2.74. The Hall–Kier alpha value is -1.07. The van der Waals surface area contributed by atoms with Crippen molar-refractivity contribution in [3.63, 3.8) is 0 Å². The van der Waals surface area contributed by atoms with Gasteiger partial charge in [0.05, 0.1) is 24.2 Å². The maximum Gasteiger partial charge on any atom is 0.338 e. The Labute approximate surface area is 167 Å². The van der Waals surface area contributed by atoms with Crippen LogP contribution in [0, 0.1) is 22.7 Å². The van der Waals surface area contributed by atoms with E-state index < -0.39 is 70.5 Å². The zero-order valence-corrected chi connectivity index (χ0v) is 16.6. The number of ether oxygens (including phenoxy) is 2. The number of aliphatic hydroxyl groups is 6. The van der Waals surface area contributed by atoms with Gasteiger partial charge in [0.1, 0.15) is 17.8 Å². The number of rotatable bonds is 0. The maximum atomic E-state index is 12.5. The van der Waals surface area contributed by atoms with Gasteiger partial charge in [0.2, 0.25) is 0 Å². The van der Waals surface area contributed by atoms with Gasteiger partial charge in [0.15, 0.2) is 11.9 Å². The van der Waals surface area contributed by atoms with Gasteiger partial charge in [0.25, 0.3) is 0 Å². The number of fused-ring (bicyclic) bond motifs is 1. The normalized spacial score (nSPS) is 61.1. The second-order valence-corrected chi connectivity index (χ2v) is 9.86. The minimum Gasteiger partial charge on any atom is -0.459 e. The van der Waals surface area contributed by atoms with Crippen LogP contribution in [-0.2, 0) is 14.3 Å². The Kier molecular flexibility index (Phi) is 3.70. The fourth-order valence-electron chi connectivity index (χ4n) is 7.63. The van der Waals surface area contributed by atoms with E-state index in [0.717, 1.165) is 5.57 Å². The van der Waals surface area contributed by atoms with Crippen molar-refractivity contribution in [3.8, 4) is 0 Å². The van der Waals surface area contributed by atoms with Gasteiger partial charge >= 0.3 is 5.97 Å². The highest BCUT2D eigenvalue weighted by atomic mass is 16.7. The van der Waals surface area contributed by atoms with E-state index in [2.05, 4.69) is 0 Å². The summed E-state index contributed by atoms with van der Waals surface area (Å²) in [5.74, 6) is -5.39. The number of hydrogen-bond donors (Lipinski definition) is 6. The van der Waals surface area contributed by atoms with Crippen LogP contribution in [0.15, 0.2) is 11.1 Å². The van der Waals surface area contributed by atoms with Gasteiger partial charge in [-0.05, 0) is 13.3 Å². The van der Waals surface area contributed by atoms with Gasteiger partial charge in [-0.1, -0.05) is 25.0 Å². The molecule has 2 heterocycles. The van der Waals surface area contributed by atoms with E-state index in [1.807, 2.05) is 0 Å². The first-order valence-corrected chi connectivity index (χ1v) is 10.1. The lowest BCUT2D eigenvalue weighted by atomic mass is 9.37. The van der Waals surface area contributed by atoms with E-state index in [1.165, 1.54) is 6.92 Å². The molecule has 5 rings (SSSR count). The molecule has 2 aliphatic heterocycles. The molecule has 5 aliphatic rings. The van der Waals surface area contributed by atoms with Crippen LogP contribution in [0.4, 0.5) is 0 Å². The van der Waals surface area contributed by atoms with Crippen LogP contribution in [0.25, 0.3) is 0 Å². The largest absolute Gasteiger partial charge is 0.459 e. The lowest BCUT2D eigenvalue weighted by molar-refractivity contribution is -0.366. The Balaban J connectivity index is 1.85. The summed E-state index contributed by atoms with van der Waals surface area (Å²) in [6.45, 7) is 4.66. The van der Waals surface area contributed by atoms with Gasteiger partial charge < -0.3 is 40.1 Å². The van der Waals surface area contributed by atoms with Crippen molar-refractivity contribution in [1.82, 2.24) is 0 Å². The summed E-state index contributed by atoms with van der Waals surface area (Å²) in [7, 11) is 0. The molecule has 0 aromatic carbocycles. The number of carbonyl (C=O) groups excluding carboxylic acids is 1. The summed E-state index contributed by atoms with van der Waals surface area (Å²) < 4.78 is 11.3. The lowest BCUT2D eigenvalue weighted by Crippen LogP contribution is -2.83. The number of carbonyl (C=O) groups is 1. The molecule has 6 N–H and O–H groups in total. The quantitative estimate of drug-likeness (QED) is 0.199. The summed E-state index contributed by atoms with van der Waals surface area (Å²) in [6, 6.07) is 0. The summed E-state index contributed by atoms with van der Waals surface area (Å²) >= 11 is 0. The van der Waals surface area contributed by atoms with E-state index in [9.17, 15) is 35.4 Å². The molecule has 0 aromatic heterocycles. The Morgan fingerprint density at radius 2 is 1.72 bits per heavy atom. The monoisotopic (exact) mass is 412 g/mol. The van der Waals surface area contributed by atoms with Crippen molar-refractivity contribution in [2.45, 2.75) is 75.5 Å². The summed E-state index contributed by atoms with van der Waals surface area (Å²) in [6.07, 6.45) is -6.53. The van der Waals surface area contributed by atoms with Gasteiger partial charge in [0, 0.05) is 23.7 Å². The molecule has 2 saturated heterocycles. The van der Waals surface area contributed by atoms with E-state index in [4.69, 9.17) is 9.47 Å². The Morgan fingerprint density at radius 3 is 2.38 bits per heavy atom. The molecule has 3 aliphatic carbocycles. The van der Waals surface area contributed by atoms with E-state index in [-0.39, 0.29) is 19.4 Å². The highest BCUT2D eigenvalue weighted by molar-refractivity contribution is 5.78. The van der Waals surface area contributed by atoms with Crippen LogP contribution in [0.1, 0.15) is 33.6 Å². The summed E-state index contributed by atoms with van der Waals surface area (Å²) in [5, 5.41) is 66.7. The summed E-state index contributed by atoms with van der Waals surface area (Å²) in [5.41, 5.74) is -3.39. The van der Waals surface area contributed by atoms with Crippen LogP contribution in [0.5, 0.6) is 0 Å². The molecule has 9 heteroatoms. The second-order valence-electron chi connectivity index (χ2n) is 9.86. The minimum absolute atomic E-state index is 0.172. The average Bonchev–Trinajstić information content (AvgIpc) is 2.98. The first-order valence-electron chi connectivity index (χ1n) is 10.1. The zero-order valence-electron chi connectivity index (χ0n) is 16.6. The molecule has 1 spiro atoms. The summed E-state index contributed by atoms with van der Waals surface area (Å²) in [4.78, 5) is 12.5. The number of aliphatic hydroxyl groups excluding tert-OH is 4. The van der Waals surface area contributed by atoms with Crippen LogP contribution >= 0.6 is 0 Å². The maximum absolute atomic E-state index is 12.5. The van der Waals surface area contributed by atoms with Crippen molar-refractivity contribution in [2.75, 3.05) is 6.61 Å². The molecule has 11 atom stereocenters. The number of esters is 1. The third-order valence-electron chi connectivity index (χ3n) is 8.93. The van der Waals surface area contributed by atoms with E-state index in [0.29, 0.717) is 5.57 Å². The molecule has 4 fully saturated rings. The topological polar surface area (TPSA) is 157 Å². The molecule has 0 radical (unpaired) electrons. The highest BCUT2D eigenvalue weighted by Gasteiger charge is 2.87. The molecular formula is C20H28O9. The van der Waals surface area contributed by atoms with Gasteiger partial charge in [-0.25, -0.2) is 4.79 Å².